The average molecular weight is 416 g/mol. The van der Waals surface area contributed by atoms with Gasteiger partial charge in [-0.05, 0) is 29.3 Å². The minimum atomic E-state index is -0.761. The van der Waals surface area contributed by atoms with Crippen molar-refractivity contribution in [3.8, 4) is 22.6 Å². The number of aromatic hydroxyl groups is 1. The summed E-state index contributed by atoms with van der Waals surface area (Å²) in [5.41, 5.74) is 1.84. The van der Waals surface area contributed by atoms with Gasteiger partial charge in [0.25, 0.3) is 5.56 Å². The van der Waals surface area contributed by atoms with Gasteiger partial charge in [0.2, 0.25) is 0 Å². The highest BCUT2D eigenvalue weighted by molar-refractivity contribution is 5.99. The van der Waals surface area contributed by atoms with Crippen LogP contribution in [-0.2, 0) is 11.3 Å². The molecule has 0 aliphatic rings. The fourth-order valence-electron chi connectivity index (χ4n) is 3.49. The van der Waals surface area contributed by atoms with E-state index in [1.54, 1.807) is 37.4 Å². The van der Waals surface area contributed by atoms with E-state index in [4.69, 9.17) is 9.47 Å². The van der Waals surface area contributed by atoms with Crippen molar-refractivity contribution in [2.75, 3.05) is 14.2 Å². The first-order valence-corrected chi connectivity index (χ1v) is 9.55. The van der Waals surface area contributed by atoms with E-state index in [2.05, 4.69) is 4.98 Å². The van der Waals surface area contributed by atoms with Crippen LogP contribution < -0.4 is 10.3 Å². The summed E-state index contributed by atoms with van der Waals surface area (Å²) in [5.74, 6) is -0.501. The number of fused-ring (bicyclic) bond motifs is 1. The molecule has 0 saturated carbocycles. The topological polar surface area (TPSA) is 90.7 Å². The molecule has 0 spiro atoms. The van der Waals surface area contributed by atoms with Crippen LogP contribution in [0.4, 0.5) is 0 Å². The van der Waals surface area contributed by atoms with Gasteiger partial charge in [0.05, 0.1) is 32.5 Å². The molecule has 4 rings (SSSR count). The van der Waals surface area contributed by atoms with Crippen LogP contribution in [0.1, 0.15) is 16.1 Å². The first kappa shape index (κ1) is 20.2. The molecule has 156 valence electrons. The van der Waals surface area contributed by atoms with Crippen molar-refractivity contribution in [3.05, 3.63) is 88.5 Å². The van der Waals surface area contributed by atoms with Gasteiger partial charge >= 0.3 is 5.97 Å². The van der Waals surface area contributed by atoms with Crippen LogP contribution in [0.25, 0.3) is 22.0 Å². The molecule has 0 unspecified atom stereocenters. The standard InChI is InChI=1S/C24H20N2O5/c1-30-17-10-6-9-16(11-17)18-12-19-20(13-25-21(22(19)27)24(29)31-2)26(23(18)28)14-15-7-4-3-5-8-15/h3-13,27H,14H2,1-2H3. The highest BCUT2D eigenvalue weighted by Crippen LogP contribution is 2.31. The number of hydrogen-bond acceptors (Lipinski definition) is 6. The number of pyridine rings is 2. The van der Waals surface area contributed by atoms with E-state index in [0.717, 1.165) is 5.56 Å². The summed E-state index contributed by atoms with van der Waals surface area (Å²) < 4.78 is 11.5. The summed E-state index contributed by atoms with van der Waals surface area (Å²) in [4.78, 5) is 29.6. The Kier molecular flexibility index (Phi) is 5.41. The van der Waals surface area contributed by atoms with E-state index in [1.165, 1.54) is 17.9 Å². The predicted molar refractivity (Wildman–Crippen MR) is 117 cm³/mol. The third kappa shape index (κ3) is 3.73. The maximum atomic E-state index is 13.5. The monoisotopic (exact) mass is 416 g/mol. The van der Waals surface area contributed by atoms with E-state index < -0.39 is 5.97 Å². The number of methoxy groups -OCH3 is 2. The molecular formula is C24H20N2O5. The van der Waals surface area contributed by atoms with E-state index in [0.29, 0.717) is 27.8 Å². The average Bonchev–Trinajstić information content (AvgIpc) is 2.81. The molecule has 0 radical (unpaired) electrons. The molecule has 31 heavy (non-hydrogen) atoms. The molecule has 7 heteroatoms. The second kappa shape index (κ2) is 8.31. The van der Waals surface area contributed by atoms with Gasteiger partial charge in [-0.3, -0.25) is 4.79 Å². The lowest BCUT2D eigenvalue weighted by Gasteiger charge is -2.15. The molecule has 0 aliphatic heterocycles. The van der Waals surface area contributed by atoms with Crippen LogP contribution in [0.3, 0.4) is 0 Å². The Morgan fingerprint density at radius 3 is 2.55 bits per heavy atom. The number of hydrogen-bond donors (Lipinski definition) is 1. The third-order valence-electron chi connectivity index (χ3n) is 5.07. The van der Waals surface area contributed by atoms with Crippen LogP contribution in [-0.4, -0.2) is 34.8 Å². The molecule has 2 aromatic heterocycles. The Labute approximate surface area is 178 Å². The van der Waals surface area contributed by atoms with E-state index in [9.17, 15) is 14.7 Å². The maximum Gasteiger partial charge on any atom is 0.360 e. The normalized spacial score (nSPS) is 10.8. The second-order valence-electron chi connectivity index (χ2n) is 6.91. The van der Waals surface area contributed by atoms with Crippen LogP contribution in [0, 0.1) is 0 Å². The van der Waals surface area contributed by atoms with Crippen molar-refractivity contribution in [2.24, 2.45) is 0 Å². The zero-order valence-corrected chi connectivity index (χ0v) is 17.0. The van der Waals surface area contributed by atoms with Crippen LogP contribution in [0.15, 0.2) is 71.7 Å². The van der Waals surface area contributed by atoms with Crippen molar-refractivity contribution in [1.29, 1.82) is 0 Å². The van der Waals surface area contributed by atoms with Gasteiger partial charge in [0.1, 0.15) is 5.75 Å². The number of benzene rings is 2. The largest absolute Gasteiger partial charge is 0.505 e. The Balaban J connectivity index is 2.03. The van der Waals surface area contributed by atoms with Gasteiger partial charge in [-0.15, -0.1) is 0 Å². The van der Waals surface area contributed by atoms with Gasteiger partial charge in [-0.25, -0.2) is 9.78 Å². The number of esters is 1. The van der Waals surface area contributed by atoms with E-state index in [1.807, 2.05) is 30.3 Å². The SMILES string of the molecule is COC(=O)c1ncc2c(cc(-c3cccc(OC)c3)c(=O)n2Cc2ccccc2)c1O. The minimum Gasteiger partial charge on any atom is -0.505 e. The summed E-state index contributed by atoms with van der Waals surface area (Å²) >= 11 is 0. The molecule has 4 aromatic rings. The van der Waals surface area contributed by atoms with Crippen LogP contribution in [0.5, 0.6) is 11.5 Å². The highest BCUT2D eigenvalue weighted by Gasteiger charge is 2.20. The zero-order chi connectivity index (χ0) is 22.0. The number of ether oxygens (including phenoxy) is 2. The molecular weight excluding hydrogens is 396 g/mol. The lowest BCUT2D eigenvalue weighted by Crippen LogP contribution is -2.23. The maximum absolute atomic E-state index is 13.5. The summed E-state index contributed by atoms with van der Waals surface area (Å²) in [7, 11) is 2.76. The quantitative estimate of drug-likeness (QED) is 0.500. The predicted octanol–water partition coefficient (Wildman–Crippen LogP) is 3.61. The van der Waals surface area contributed by atoms with Crippen molar-refractivity contribution >= 4 is 16.9 Å². The van der Waals surface area contributed by atoms with Crippen LogP contribution in [0.2, 0.25) is 0 Å². The lowest BCUT2D eigenvalue weighted by atomic mass is 10.0. The van der Waals surface area contributed by atoms with Gasteiger partial charge < -0.3 is 19.1 Å². The minimum absolute atomic E-state index is 0.212. The van der Waals surface area contributed by atoms with Crippen molar-refractivity contribution in [3.63, 3.8) is 0 Å². The van der Waals surface area contributed by atoms with E-state index >= 15 is 0 Å². The number of nitrogens with zero attached hydrogens (tertiary/aromatic N) is 2. The summed E-state index contributed by atoms with van der Waals surface area (Å²) in [6, 6.07) is 18.2. The molecule has 1 N–H and O–H groups in total. The van der Waals surface area contributed by atoms with Gasteiger partial charge in [-0.1, -0.05) is 42.5 Å². The molecule has 7 nitrogen and oxygen atoms in total. The summed E-state index contributed by atoms with van der Waals surface area (Å²) in [6.45, 7) is 0.271. The van der Waals surface area contributed by atoms with Crippen molar-refractivity contribution < 1.29 is 19.4 Å². The second-order valence-corrected chi connectivity index (χ2v) is 6.91. The van der Waals surface area contributed by atoms with Crippen molar-refractivity contribution in [1.82, 2.24) is 9.55 Å². The first-order valence-electron chi connectivity index (χ1n) is 9.55. The molecule has 0 bridgehead atoms. The van der Waals surface area contributed by atoms with E-state index in [-0.39, 0.29) is 23.5 Å². The molecule has 2 heterocycles. The zero-order valence-electron chi connectivity index (χ0n) is 17.0. The Hall–Kier alpha value is -4.13. The summed E-state index contributed by atoms with van der Waals surface area (Å²) in [5, 5.41) is 11.1. The molecule has 0 atom stereocenters. The van der Waals surface area contributed by atoms with Gasteiger partial charge in [0.15, 0.2) is 11.4 Å². The Morgan fingerprint density at radius 1 is 1.06 bits per heavy atom. The molecule has 0 amide bonds. The molecule has 0 saturated heterocycles. The fraction of sp³-hybridized carbons (Fsp3) is 0.125. The molecule has 2 aromatic carbocycles. The van der Waals surface area contributed by atoms with Crippen molar-refractivity contribution in [2.45, 2.75) is 6.54 Å². The van der Waals surface area contributed by atoms with Gasteiger partial charge in [0, 0.05) is 10.9 Å². The fourth-order valence-corrected chi connectivity index (χ4v) is 3.49. The summed E-state index contributed by atoms with van der Waals surface area (Å²) in [6.07, 6.45) is 1.40. The number of carbonyl (C=O) groups excluding carboxylic acids is 1. The van der Waals surface area contributed by atoms with Crippen LogP contribution >= 0.6 is 0 Å². The number of carbonyl (C=O) groups is 1. The smallest absolute Gasteiger partial charge is 0.360 e. The highest BCUT2D eigenvalue weighted by atomic mass is 16.5. The lowest BCUT2D eigenvalue weighted by molar-refractivity contribution is 0.0591. The Bertz CT molecular complexity index is 1330. The Morgan fingerprint density at radius 2 is 1.84 bits per heavy atom. The van der Waals surface area contributed by atoms with Gasteiger partial charge in [-0.2, -0.15) is 0 Å². The molecule has 0 fully saturated rings. The number of aromatic nitrogens is 2. The third-order valence-corrected chi connectivity index (χ3v) is 5.07. The first-order chi connectivity index (χ1) is 15.0. The molecule has 0 aliphatic carbocycles. The number of rotatable bonds is 5.